The number of hydrogen-bond donors (Lipinski definition) is 2. The molecule has 0 bridgehead atoms. The Hall–Kier alpha value is -4.25. The number of phosphoric ester groups is 2. The van der Waals surface area contributed by atoms with Gasteiger partial charge in [-0.15, -0.1) is 0 Å². The second-order valence-corrected chi connectivity index (χ2v) is 14.4. The molecule has 0 saturated carbocycles. The third-order valence-corrected chi connectivity index (χ3v) is 11.0. The minimum atomic E-state index is -4.76. The van der Waals surface area contributed by atoms with Crippen LogP contribution >= 0.6 is 15.6 Å². The van der Waals surface area contributed by atoms with Crippen LogP contribution in [0.3, 0.4) is 0 Å². The van der Waals surface area contributed by atoms with Gasteiger partial charge in [-0.05, 0) is 0 Å². The Balaban J connectivity index is 1.22. The second-order valence-electron chi connectivity index (χ2n) is 11.2. The quantitative estimate of drug-likeness (QED) is 0.191. The fraction of sp³-hybridized carbons (Fsp3) is 0.538. The van der Waals surface area contributed by atoms with E-state index in [-0.39, 0.29) is 48.2 Å². The number of aromatic nitrogens is 8. The normalized spacial score (nSPS) is 32.8. The summed E-state index contributed by atoms with van der Waals surface area (Å²) in [5, 5.41) is 18.1. The van der Waals surface area contributed by atoms with Crippen LogP contribution in [0.25, 0.3) is 22.3 Å². The summed E-state index contributed by atoms with van der Waals surface area (Å²) in [4.78, 5) is 45.6. The van der Waals surface area contributed by atoms with Gasteiger partial charge in [-0.25, -0.2) is 33.5 Å². The number of alkyl halides is 1. The lowest BCUT2D eigenvalue weighted by Gasteiger charge is -2.29. The summed E-state index contributed by atoms with van der Waals surface area (Å²) in [5.41, 5.74) is -1.11. The molecule has 22 nitrogen and oxygen atoms in total. The molecule has 3 aliphatic rings. The summed E-state index contributed by atoms with van der Waals surface area (Å²) < 4.78 is 93.0. The van der Waals surface area contributed by atoms with Crippen LogP contribution in [0, 0.1) is 22.7 Å². The molecule has 0 aliphatic carbocycles. The highest BCUT2D eigenvalue weighted by atomic mass is 31.2. The Morgan fingerprint density at radius 1 is 0.824 bits per heavy atom. The van der Waals surface area contributed by atoms with Crippen molar-refractivity contribution in [1.29, 1.82) is 10.5 Å². The van der Waals surface area contributed by atoms with Gasteiger partial charge in [0, 0.05) is 6.42 Å². The predicted octanol–water partition coefficient (Wildman–Crippen LogP) is 1.67. The van der Waals surface area contributed by atoms with Crippen LogP contribution in [0.2, 0.25) is 0 Å². The van der Waals surface area contributed by atoms with E-state index >= 15 is 4.39 Å². The van der Waals surface area contributed by atoms with Gasteiger partial charge in [0.15, 0.2) is 34.7 Å². The average Bonchev–Trinajstić information content (AvgIpc) is 3.89. The molecule has 2 N–H and O–H groups in total. The fourth-order valence-corrected chi connectivity index (χ4v) is 8.46. The van der Waals surface area contributed by atoms with Crippen LogP contribution in [-0.4, -0.2) is 96.1 Å². The zero-order valence-corrected chi connectivity index (χ0v) is 27.8. The molecule has 0 amide bonds. The predicted molar refractivity (Wildman–Crippen MR) is 163 cm³/mol. The van der Waals surface area contributed by atoms with Crippen molar-refractivity contribution in [2.45, 2.75) is 62.3 Å². The Morgan fingerprint density at radius 3 is 2.02 bits per heavy atom. The van der Waals surface area contributed by atoms with Crippen molar-refractivity contribution in [3.05, 3.63) is 46.0 Å². The number of nitrogens with one attached hydrogen (secondary N) is 2. The molecule has 51 heavy (non-hydrogen) atoms. The van der Waals surface area contributed by atoms with Crippen molar-refractivity contribution in [2.24, 2.45) is 0 Å². The summed E-state index contributed by atoms with van der Waals surface area (Å²) in [6.45, 7) is -2.18. The van der Waals surface area contributed by atoms with Gasteiger partial charge in [-0.2, -0.15) is 10.5 Å². The summed E-state index contributed by atoms with van der Waals surface area (Å²) in [7, 11) is -9.39. The summed E-state index contributed by atoms with van der Waals surface area (Å²) >= 11 is 0. The van der Waals surface area contributed by atoms with E-state index in [9.17, 15) is 18.7 Å². The molecule has 3 saturated heterocycles. The van der Waals surface area contributed by atoms with Crippen LogP contribution in [0.5, 0.6) is 0 Å². The lowest BCUT2D eigenvalue weighted by Crippen LogP contribution is -2.36. The summed E-state index contributed by atoms with van der Waals surface area (Å²) in [6, 6.07) is 3.69. The van der Waals surface area contributed by atoms with Crippen LogP contribution in [-0.2, 0) is 45.7 Å². The van der Waals surface area contributed by atoms with Gasteiger partial charge in [0.05, 0.1) is 76.7 Å². The molecule has 270 valence electrons. The molecular weight excluding hydrogens is 725 g/mol. The third kappa shape index (κ3) is 7.01. The van der Waals surface area contributed by atoms with E-state index in [0.717, 1.165) is 17.2 Å². The Labute approximate surface area is 284 Å². The topological polar surface area (TPSA) is 283 Å². The first-order chi connectivity index (χ1) is 24.6. The van der Waals surface area contributed by atoms with Gasteiger partial charge in [0.1, 0.15) is 30.6 Å². The molecule has 3 aliphatic heterocycles. The molecule has 7 heterocycles. The molecule has 4 aromatic heterocycles. The van der Waals surface area contributed by atoms with Gasteiger partial charge in [-0.1, -0.05) is 0 Å². The maximum absolute atomic E-state index is 16.4. The summed E-state index contributed by atoms with van der Waals surface area (Å²) in [5.74, 6) is 0. The minimum Gasteiger partial charge on any atom is -0.349 e. The van der Waals surface area contributed by atoms with E-state index in [1.807, 2.05) is 12.1 Å². The van der Waals surface area contributed by atoms with E-state index in [0.29, 0.717) is 0 Å². The summed E-state index contributed by atoms with van der Waals surface area (Å²) in [6.07, 6.45) is -6.25. The number of halogens is 1. The highest BCUT2D eigenvalue weighted by Crippen LogP contribution is 2.58. The highest BCUT2D eigenvalue weighted by molar-refractivity contribution is 7.48. The molecule has 7 rings (SSSR count). The van der Waals surface area contributed by atoms with Crippen LogP contribution in [0.15, 0.2) is 34.9 Å². The Kier molecular flexibility index (Phi) is 9.93. The molecule has 6 unspecified atom stereocenters. The fourth-order valence-electron chi connectivity index (χ4n) is 5.68. The molecule has 0 spiro atoms. The first kappa shape index (κ1) is 35.2. The number of nitrogens with zero attached hydrogens (tertiary/aromatic N) is 8. The maximum atomic E-state index is 16.4. The van der Waals surface area contributed by atoms with Gasteiger partial charge in [0.25, 0.3) is 11.1 Å². The molecule has 0 aromatic carbocycles. The Morgan fingerprint density at radius 2 is 1.39 bits per heavy atom. The SMILES string of the molecule is N#CCCOP1(=O)OCC2OC(n3cnc4c(=O)[nH]cnc43)[C@H](F)[C@@H]2OP(=O)(OCCC#N)OCC2OC(n3cnc4c(=O)[nH]cnc43)C[C@@H]2O1. The zero-order chi connectivity index (χ0) is 35.8. The van der Waals surface area contributed by atoms with E-state index < -0.39 is 89.6 Å². The number of phosphoric acid groups is 2. The van der Waals surface area contributed by atoms with Gasteiger partial charge < -0.3 is 19.4 Å². The monoisotopic (exact) mass is 752 g/mol. The number of aromatic amines is 2. The molecule has 9 atom stereocenters. The van der Waals surface area contributed by atoms with Crippen molar-refractivity contribution >= 4 is 38.0 Å². The number of hydrogen-bond acceptors (Lipinski definition) is 18. The zero-order valence-electron chi connectivity index (χ0n) is 26.0. The first-order valence-corrected chi connectivity index (χ1v) is 18.2. The largest absolute Gasteiger partial charge is 0.475 e. The van der Waals surface area contributed by atoms with E-state index in [1.165, 1.54) is 17.2 Å². The van der Waals surface area contributed by atoms with Crippen LogP contribution < -0.4 is 11.1 Å². The minimum absolute atomic E-state index is 0.0127. The maximum Gasteiger partial charge on any atom is 0.475 e. The first-order valence-electron chi connectivity index (χ1n) is 15.3. The smallest absolute Gasteiger partial charge is 0.349 e. The van der Waals surface area contributed by atoms with Gasteiger partial charge >= 0.3 is 15.6 Å². The van der Waals surface area contributed by atoms with Crippen LogP contribution in [0.1, 0.15) is 31.7 Å². The van der Waals surface area contributed by atoms with Crippen molar-refractivity contribution in [3.63, 3.8) is 0 Å². The second kappa shape index (κ2) is 14.4. The molecule has 25 heteroatoms. The van der Waals surface area contributed by atoms with E-state index in [1.54, 1.807) is 0 Å². The van der Waals surface area contributed by atoms with E-state index in [4.69, 9.17) is 47.1 Å². The number of ether oxygens (including phenoxy) is 2. The Bertz CT molecular complexity index is 2220. The van der Waals surface area contributed by atoms with Crippen molar-refractivity contribution < 1.29 is 50.1 Å². The lowest BCUT2D eigenvalue weighted by atomic mass is 10.1. The van der Waals surface area contributed by atoms with Crippen molar-refractivity contribution in [3.8, 4) is 12.1 Å². The number of H-pyrrole nitrogens is 2. The van der Waals surface area contributed by atoms with Gasteiger partial charge in [-0.3, -0.25) is 45.9 Å². The molecule has 4 aromatic rings. The number of rotatable bonds is 8. The number of imidazole rings is 2. The standard InChI is InChI=1S/C26H27FN10O12P2/c27-18-21-16(47-26(18)37-13-35-20-23(37)31-11-33-25(20)39)9-45-50(40,42-5-1-3-28)48-14-7-17(36-12-34-19-22(36)30-10-32-24(19)38)46-15(14)8-44-51(41,49-21)43-6-2-4-29/h10-18,21,26H,1-2,5-9H2,(H,30,32,38)(H,31,33,39)/t14-,15?,16?,17?,18+,21+,26?,50?,51?/m0/s1. The van der Waals surface area contributed by atoms with Gasteiger partial charge in [0.2, 0.25) is 0 Å². The number of fused-ring (bicyclic) bond motifs is 4. The van der Waals surface area contributed by atoms with Crippen molar-refractivity contribution in [1.82, 2.24) is 39.0 Å². The number of nitriles is 2. The highest BCUT2D eigenvalue weighted by Gasteiger charge is 2.54. The molecule has 3 fully saturated rings. The van der Waals surface area contributed by atoms with Crippen LogP contribution in [0.4, 0.5) is 4.39 Å². The average molecular weight is 753 g/mol. The molecular formula is C26H27FN10O12P2. The lowest BCUT2D eigenvalue weighted by molar-refractivity contribution is -0.0703. The van der Waals surface area contributed by atoms with E-state index in [2.05, 4.69) is 29.9 Å². The third-order valence-electron chi connectivity index (χ3n) is 8.00. The molecule has 0 radical (unpaired) electrons. The van der Waals surface area contributed by atoms with Crippen molar-refractivity contribution in [2.75, 3.05) is 26.4 Å².